The highest BCUT2D eigenvalue weighted by Gasteiger charge is 2.18. The predicted octanol–water partition coefficient (Wildman–Crippen LogP) is 4.44. The standard InChI is InChI=1S/C19H15BrFN5O/c1-11(18-16(9-14(21)10-23-18)26-6-2-5-24-26)27-17-8-12-7-13(20)3-4-15(12)25-19(17)22/h2-11H,1H3,(H2,22,25)/t11-/m0/s1. The maximum absolute atomic E-state index is 13.7. The fourth-order valence-corrected chi connectivity index (χ4v) is 3.21. The topological polar surface area (TPSA) is 78.9 Å². The lowest BCUT2D eigenvalue weighted by atomic mass is 10.2. The van der Waals surface area contributed by atoms with Crippen molar-refractivity contribution in [3.63, 3.8) is 0 Å². The minimum absolute atomic E-state index is 0.277. The molecular weight excluding hydrogens is 413 g/mol. The van der Waals surface area contributed by atoms with Gasteiger partial charge in [-0.15, -0.1) is 0 Å². The van der Waals surface area contributed by atoms with Crippen molar-refractivity contribution in [1.29, 1.82) is 0 Å². The lowest BCUT2D eigenvalue weighted by Gasteiger charge is -2.18. The van der Waals surface area contributed by atoms with Gasteiger partial charge in [-0.05, 0) is 37.3 Å². The number of nitrogen functional groups attached to an aromatic ring is 1. The molecule has 0 fully saturated rings. The van der Waals surface area contributed by atoms with Gasteiger partial charge in [0, 0.05) is 28.3 Å². The number of rotatable bonds is 4. The van der Waals surface area contributed by atoms with E-state index >= 15 is 0 Å². The van der Waals surface area contributed by atoms with Crippen LogP contribution >= 0.6 is 15.9 Å². The van der Waals surface area contributed by atoms with Crippen LogP contribution < -0.4 is 10.5 Å². The molecule has 0 amide bonds. The molecular formula is C19H15BrFN5O. The number of halogens is 2. The van der Waals surface area contributed by atoms with Gasteiger partial charge in [0.15, 0.2) is 11.6 Å². The third kappa shape index (κ3) is 3.48. The number of benzene rings is 1. The fourth-order valence-electron chi connectivity index (χ4n) is 2.83. The van der Waals surface area contributed by atoms with Gasteiger partial charge < -0.3 is 10.5 Å². The smallest absolute Gasteiger partial charge is 0.166 e. The van der Waals surface area contributed by atoms with Crippen molar-refractivity contribution in [2.75, 3.05) is 5.73 Å². The van der Waals surface area contributed by atoms with Crippen LogP contribution in [0.4, 0.5) is 10.2 Å². The first-order valence-corrected chi connectivity index (χ1v) is 8.98. The van der Waals surface area contributed by atoms with Crippen molar-refractivity contribution in [2.45, 2.75) is 13.0 Å². The molecule has 0 bridgehead atoms. The Morgan fingerprint density at radius 2 is 2.11 bits per heavy atom. The summed E-state index contributed by atoms with van der Waals surface area (Å²) in [6, 6.07) is 10.7. The number of hydrogen-bond donors (Lipinski definition) is 1. The van der Waals surface area contributed by atoms with Gasteiger partial charge in [0.1, 0.15) is 17.6 Å². The van der Waals surface area contributed by atoms with E-state index < -0.39 is 11.9 Å². The molecule has 4 aromatic rings. The molecule has 4 rings (SSSR count). The summed E-state index contributed by atoms with van der Waals surface area (Å²) in [5.41, 5.74) is 7.87. The Morgan fingerprint density at radius 3 is 2.89 bits per heavy atom. The monoisotopic (exact) mass is 427 g/mol. The van der Waals surface area contributed by atoms with Gasteiger partial charge in [-0.2, -0.15) is 5.10 Å². The van der Waals surface area contributed by atoms with Gasteiger partial charge in [0.25, 0.3) is 0 Å². The third-order valence-corrected chi connectivity index (χ3v) is 4.57. The summed E-state index contributed by atoms with van der Waals surface area (Å²) in [5.74, 6) is 0.262. The minimum Gasteiger partial charge on any atom is -0.480 e. The molecule has 1 aromatic carbocycles. The Morgan fingerprint density at radius 1 is 1.26 bits per heavy atom. The molecule has 0 spiro atoms. The highest BCUT2D eigenvalue weighted by Crippen LogP contribution is 2.31. The minimum atomic E-state index is -0.501. The van der Waals surface area contributed by atoms with Gasteiger partial charge in [-0.25, -0.2) is 14.1 Å². The summed E-state index contributed by atoms with van der Waals surface area (Å²) in [6.45, 7) is 1.82. The number of aromatic nitrogens is 4. The summed E-state index contributed by atoms with van der Waals surface area (Å²) in [7, 11) is 0. The number of hydrogen-bond acceptors (Lipinski definition) is 5. The van der Waals surface area contributed by atoms with E-state index in [-0.39, 0.29) is 5.82 Å². The zero-order valence-electron chi connectivity index (χ0n) is 14.3. The molecule has 6 nitrogen and oxygen atoms in total. The molecule has 0 radical (unpaired) electrons. The lowest BCUT2D eigenvalue weighted by Crippen LogP contribution is -2.12. The van der Waals surface area contributed by atoms with E-state index in [9.17, 15) is 4.39 Å². The highest BCUT2D eigenvalue weighted by atomic mass is 79.9. The van der Waals surface area contributed by atoms with Crippen molar-refractivity contribution in [3.05, 3.63) is 71.0 Å². The van der Waals surface area contributed by atoms with E-state index in [4.69, 9.17) is 10.5 Å². The van der Waals surface area contributed by atoms with Crippen molar-refractivity contribution < 1.29 is 9.13 Å². The Labute approximate surface area is 162 Å². The zero-order valence-corrected chi connectivity index (χ0v) is 15.9. The average molecular weight is 428 g/mol. The Hall–Kier alpha value is -3.00. The van der Waals surface area contributed by atoms with Gasteiger partial charge >= 0.3 is 0 Å². The second kappa shape index (κ2) is 6.96. The average Bonchev–Trinajstić information content (AvgIpc) is 3.17. The summed E-state index contributed by atoms with van der Waals surface area (Å²) in [6.07, 6.45) is 3.99. The number of nitrogens with zero attached hydrogens (tertiary/aromatic N) is 4. The zero-order chi connectivity index (χ0) is 19.0. The van der Waals surface area contributed by atoms with E-state index in [2.05, 4.69) is 31.0 Å². The predicted molar refractivity (Wildman–Crippen MR) is 104 cm³/mol. The maximum atomic E-state index is 13.7. The van der Waals surface area contributed by atoms with Gasteiger partial charge in [0.05, 0.1) is 17.4 Å². The van der Waals surface area contributed by atoms with Crippen LogP contribution in [0.25, 0.3) is 16.6 Å². The molecule has 0 saturated heterocycles. The molecule has 0 aliphatic carbocycles. The second-order valence-electron chi connectivity index (χ2n) is 5.98. The van der Waals surface area contributed by atoms with Gasteiger partial charge in [-0.1, -0.05) is 15.9 Å². The molecule has 2 N–H and O–H groups in total. The van der Waals surface area contributed by atoms with Crippen LogP contribution in [0, 0.1) is 5.82 Å². The first kappa shape index (κ1) is 17.4. The van der Waals surface area contributed by atoms with Crippen LogP contribution in [0.1, 0.15) is 18.7 Å². The van der Waals surface area contributed by atoms with Crippen molar-refractivity contribution in [2.24, 2.45) is 0 Å². The summed E-state index contributed by atoms with van der Waals surface area (Å²) in [4.78, 5) is 8.59. The van der Waals surface area contributed by atoms with Crippen LogP contribution in [0.5, 0.6) is 5.75 Å². The first-order valence-electron chi connectivity index (χ1n) is 8.19. The second-order valence-corrected chi connectivity index (χ2v) is 6.89. The van der Waals surface area contributed by atoms with Crippen molar-refractivity contribution >= 4 is 32.7 Å². The molecule has 136 valence electrons. The van der Waals surface area contributed by atoms with Crippen LogP contribution in [-0.4, -0.2) is 19.7 Å². The number of anilines is 1. The molecule has 3 heterocycles. The molecule has 3 aromatic heterocycles. The maximum Gasteiger partial charge on any atom is 0.166 e. The molecule has 0 aliphatic heterocycles. The Kier molecular flexibility index (Phi) is 4.49. The fraction of sp³-hybridized carbons (Fsp3) is 0.105. The SMILES string of the molecule is C[C@H](Oc1cc2cc(Br)ccc2nc1N)c1ncc(F)cc1-n1cccn1. The number of ether oxygens (including phenoxy) is 1. The van der Waals surface area contributed by atoms with Crippen LogP contribution in [-0.2, 0) is 0 Å². The molecule has 0 unspecified atom stereocenters. The quantitative estimate of drug-likeness (QED) is 0.520. The van der Waals surface area contributed by atoms with E-state index in [1.165, 1.54) is 6.07 Å². The molecule has 0 saturated carbocycles. The van der Waals surface area contributed by atoms with E-state index in [1.54, 1.807) is 23.1 Å². The number of fused-ring (bicyclic) bond motifs is 1. The summed E-state index contributed by atoms with van der Waals surface area (Å²) >= 11 is 3.45. The van der Waals surface area contributed by atoms with Crippen molar-refractivity contribution in [1.82, 2.24) is 19.7 Å². The molecule has 8 heteroatoms. The van der Waals surface area contributed by atoms with Gasteiger partial charge in [-0.3, -0.25) is 4.98 Å². The number of nitrogens with two attached hydrogens (primary N) is 1. The third-order valence-electron chi connectivity index (χ3n) is 4.07. The van der Waals surface area contributed by atoms with E-state index in [0.29, 0.717) is 17.1 Å². The molecule has 0 aliphatic rings. The normalized spacial score (nSPS) is 12.3. The number of pyridine rings is 2. The molecule has 1 atom stereocenters. The van der Waals surface area contributed by atoms with Gasteiger partial charge in [0.2, 0.25) is 0 Å². The first-order chi connectivity index (χ1) is 13.0. The van der Waals surface area contributed by atoms with Crippen LogP contribution in [0.2, 0.25) is 0 Å². The molecule has 27 heavy (non-hydrogen) atoms. The van der Waals surface area contributed by atoms with Crippen LogP contribution in [0.3, 0.4) is 0 Å². The Bertz CT molecular complexity index is 1120. The summed E-state index contributed by atoms with van der Waals surface area (Å²) < 4.78 is 22.2. The largest absolute Gasteiger partial charge is 0.480 e. The lowest BCUT2D eigenvalue weighted by molar-refractivity contribution is 0.222. The Balaban J connectivity index is 1.72. The van der Waals surface area contributed by atoms with Crippen LogP contribution in [0.15, 0.2) is 59.5 Å². The highest BCUT2D eigenvalue weighted by molar-refractivity contribution is 9.10. The van der Waals surface area contributed by atoms with E-state index in [1.807, 2.05) is 31.2 Å². The van der Waals surface area contributed by atoms with Crippen molar-refractivity contribution in [3.8, 4) is 11.4 Å². The summed E-state index contributed by atoms with van der Waals surface area (Å²) in [5, 5.41) is 5.05. The van der Waals surface area contributed by atoms with E-state index in [0.717, 1.165) is 21.6 Å².